The Morgan fingerprint density at radius 2 is 2.30 bits per heavy atom. The predicted molar refractivity (Wildman–Crippen MR) is 80.0 cm³/mol. The van der Waals surface area contributed by atoms with E-state index in [1.165, 1.54) is 0 Å². The van der Waals surface area contributed by atoms with Gasteiger partial charge in [-0.3, -0.25) is 9.48 Å². The van der Waals surface area contributed by atoms with E-state index in [2.05, 4.69) is 10.00 Å². The number of likely N-dealkylation sites (N-methyl/N-ethyl adjacent to an activating group) is 1. The van der Waals surface area contributed by atoms with Gasteiger partial charge in [-0.25, -0.2) is 0 Å². The Bertz CT molecular complexity index is 472. The average molecular weight is 299 g/mol. The monoisotopic (exact) mass is 298 g/mol. The molecule has 0 aromatic carbocycles. The highest BCUT2D eigenvalue weighted by Crippen LogP contribution is 2.34. The molecule has 2 rings (SSSR count). The van der Waals surface area contributed by atoms with Gasteiger partial charge in [-0.05, 0) is 39.4 Å². The lowest BCUT2D eigenvalue weighted by atomic mass is 9.90. The highest BCUT2D eigenvalue weighted by Gasteiger charge is 2.35. The molecule has 1 aliphatic rings. The minimum absolute atomic E-state index is 0.00676. The summed E-state index contributed by atoms with van der Waals surface area (Å²) in [4.78, 5) is 14.8. The van der Waals surface area contributed by atoms with Gasteiger partial charge in [0.2, 0.25) is 0 Å². The quantitative estimate of drug-likeness (QED) is 0.811. The SMILES string of the molecule is CN(C)CCn1ncc(Cl)c1C(=O)C1CCCC1CN. The van der Waals surface area contributed by atoms with Crippen molar-refractivity contribution in [3.8, 4) is 0 Å². The van der Waals surface area contributed by atoms with Crippen LogP contribution in [0.3, 0.4) is 0 Å². The second-order valence-electron chi connectivity index (χ2n) is 5.76. The zero-order valence-electron chi connectivity index (χ0n) is 12.2. The van der Waals surface area contributed by atoms with Gasteiger partial charge in [0.05, 0.1) is 17.8 Å². The van der Waals surface area contributed by atoms with E-state index in [1.54, 1.807) is 10.9 Å². The molecule has 2 N–H and O–H groups in total. The molecule has 1 saturated carbocycles. The average Bonchev–Trinajstić information content (AvgIpc) is 3.01. The van der Waals surface area contributed by atoms with Gasteiger partial charge in [-0.2, -0.15) is 5.10 Å². The Morgan fingerprint density at radius 3 is 2.95 bits per heavy atom. The van der Waals surface area contributed by atoms with Crippen molar-refractivity contribution < 1.29 is 4.79 Å². The molecule has 0 aliphatic heterocycles. The summed E-state index contributed by atoms with van der Waals surface area (Å²) < 4.78 is 1.73. The van der Waals surface area contributed by atoms with Crippen LogP contribution in [0, 0.1) is 11.8 Å². The van der Waals surface area contributed by atoms with Crippen LogP contribution in [0.25, 0.3) is 0 Å². The zero-order chi connectivity index (χ0) is 14.7. The summed E-state index contributed by atoms with van der Waals surface area (Å²) in [7, 11) is 3.99. The van der Waals surface area contributed by atoms with Crippen molar-refractivity contribution in [2.24, 2.45) is 17.6 Å². The van der Waals surface area contributed by atoms with Crippen LogP contribution in [-0.2, 0) is 6.54 Å². The van der Waals surface area contributed by atoms with Crippen molar-refractivity contribution in [3.05, 3.63) is 16.9 Å². The maximum atomic E-state index is 12.7. The topological polar surface area (TPSA) is 64.2 Å². The third-order valence-corrected chi connectivity index (χ3v) is 4.36. The van der Waals surface area contributed by atoms with Crippen molar-refractivity contribution >= 4 is 17.4 Å². The molecular formula is C14H23ClN4O. The first-order valence-electron chi connectivity index (χ1n) is 7.15. The summed E-state index contributed by atoms with van der Waals surface area (Å²) in [6.45, 7) is 2.06. The molecule has 1 aromatic rings. The van der Waals surface area contributed by atoms with Crippen LogP contribution >= 0.6 is 11.6 Å². The third kappa shape index (κ3) is 3.22. The normalized spacial score (nSPS) is 22.6. The molecular weight excluding hydrogens is 276 g/mol. The van der Waals surface area contributed by atoms with E-state index in [1.807, 2.05) is 14.1 Å². The molecule has 0 spiro atoms. The number of nitrogens with zero attached hydrogens (tertiary/aromatic N) is 3. The first-order chi connectivity index (χ1) is 9.54. The van der Waals surface area contributed by atoms with Crippen LogP contribution in [0.5, 0.6) is 0 Å². The molecule has 0 saturated heterocycles. The van der Waals surface area contributed by atoms with Gasteiger partial charge >= 0.3 is 0 Å². The molecule has 1 aliphatic carbocycles. The number of Topliss-reactive ketones (excluding diaryl/α,β-unsaturated/α-hetero) is 1. The van der Waals surface area contributed by atoms with Crippen molar-refractivity contribution in [1.82, 2.24) is 14.7 Å². The van der Waals surface area contributed by atoms with Crippen molar-refractivity contribution in [3.63, 3.8) is 0 Å². The minimum atomic E-state index is 0.00676. The summed E-state index contributed by atoms with van der Waals surface area (Å²) in [5, 5.41) is 4.69. The number of hydrogen-bond donors (Lipinski definition) is 1. The molecule has 112 valence electrons. The van der Waals surface area contributed by atoms with Crippen LogP contribution in [0.1, 0.15) is 29.8 Å². The lowest BCUT2D eigenvalue weighted by molar-refractivity contribution is 0.0881. The third-order valence-electron chi connectivity index (χ3n) is 4.09. The standard InChI is InChI=1S/C14H23ClN4O/c1-18(2)6-7-19-13(12(15)9-17-19)14(20)11-5-3-4-10(11)8-16/h9-11H,3-8,16H2,1-2H3. The van der Waals surface area contributed by atoms with Crippen molar-refractivity contribution in [2.45, 2.75) is 25.8 Å². The smallest absolute Gasteiger partial charge is 0.185 e. The molecule has 0 radical (unpaired) electrons. The molecule has 1 heterocycles. The van der Waals surface area contributed by atoms with Crippen molar-refractivity contribution in [2.75, 3.05) is 27.2 Å². The molecule has 2 atom stereocenters. The van der Waals surface area contributed by atoms with Gasteiger partial charge in [-0.1, -0.05) is 18.0 Å². The Hall–Kier alpha value is -0.910. The molecule has 1 aromatic heterocycles. The summed E-state index contributed by atoms with van der Waals surface area (Å²) in [5.74, 6) is 0.405. The molecule has 6 heteroatoms. The van der Waals surface area contributed by atoms with Crippen LogP contribution < -0.4 is 5.73 Å². The maximum absolute atomic E-state index is 12.7. The summed E-state index contributed by atoms with van der Waals surface area (Å²) in [6, 6.07) is 0. The van der Waals surface area contributed by atoms with Gasteiger partial charge in [-0.15, -0.1) is 0 Å². The minimum Gasteiger partial charge on any atom is -0.330 e. The zero-order valence-corrected chi connectivity index (χ0v) is 12.9. The van der Waals surface area contributed by atoms with Crippen LogP contribution in [0.4, 0.5) is 0 Å². The van der Waals surface area contributed by atoms with E-state index < -0.39 is 0 Å². The van der Waals surface area contributed by atoms with Gasteiger partial charge in [0.25, 0.3) is 0 Å². The maximum Gasteiger partial charge on any atom is 0.185 e. The van der Waals surface area contributed by atoms with E-state index >= 15 is 0 Å². The Kier molecular flexibility index (Phi) is 5.18. The van der Waals surface area contributed by atoms with Crippen LogP contribution in [0.15, 0.2) is 6.20 Å². The highest BCUT2D eigenvalue weighted by atomic mass is 35.5. The fraction of sp³-hybridized carbons (Fsp3) is 0.714. The van der Waals surface area contributed by atoms with Gasteiger partial charge in [0.1, 0.15) is 5.69 Å². The number of carbonyl (C=O) groups is 1. The predicted octanol–water partition coefficient (Wildman–Crippen LogP) is 1.66. The van der Waals surface area contributed by atoms with Gasteiger partial charge < -0.3 is 10.6 Å². The number of hydrogen-bond acceptors (Lipinski definition) is 4. The number of nitrogens with two attached hydrogens (primary N) is 1. The largest absolute Gasteiger partial charge is 0.330 e. The first kappa shape index (κ1) is 15.5. The van der Waals surface area contributed by atoms with E-state index in [-0.39, 0.29) is 17.6 Å². The van der Waals surface area contributed by atoms with E-state index in [4.69, 9.17) is 17.3 Å². The lowest BCUT2D eigenvalue weighted by Crippen LogP contribution is -2.28. The fourth-order valence-electron chi connectivity index (χ4n) is 2.91. The second-order valence-corrected chi connectivity index (χ2v) is 6.17. The van der Waals surface area contributed by atoms with E-state index in [0.717, 1.165) is 25.8 Å². The molecule has 2 unspecified atom stereocenters. The van der Waals surface area contributed by atoms with E-state index in [9.17, 15) is 4.79 Å². The molecule has 20 heavy (non-hydrogen) atoms. The number of rotatable bonds is 6. The van der Waals surface area contributed by atoms with E-state index in [0.29, 0.717) is 23.8 Å². The fourth-order valence-corrected chi connectivity index (χ4v) is 3.15. The molecule has 1 fully saturated rings. The summed E-state index contributed by atoms with van der Waals surface area (Å²) in [6.07, 6.45) is 4.59. The molecule has 0 bridgehead atoms. The Balaban J connectivity index is 2.18. The number of ketones is 1. The summed E-state index contributed by atoms with van der Waals surface area (Å²) >= 11 is 6.18. The number of halogens is 1. The second kappa shape index (κ2) is 6.70. The molecule has 5 nitrogen and oxygen atoms in total. The van der Waals surface area contributed by atoms with Crippen LogP contribution in [-0.4, -0.2) is 47.6 Å². The van der Waals surface area contributed by atoms with Gasteiger partial charge in [0.15, 0.2) is 5.78 Å². The first-order valence-corrected chi connectivity index (χ1v) is 7.52. The van der Waals surface area contributed by atoms with Crippen molar-refractivity contribution in [1.29, 1.82) is 0 Å². The lowest BCUT2D eigenvalue weighted by Gasteiger charge is -2.18. The Labute approximate surface area is 125 Å². The summed E-state index contributed by atoms with van der Waals surface area (Å²) in [5.41, 5.74) is 6.33. The van der Waals surface area contributed by atoms with Gasteiger partial charge in [0, 0.05) is 12.5 Å². The molecule has 0 amide bonds. The number of carbonyl (C=O) groups excluding carboxylic acids is 1. The Morgan fingerprint density at radius 1 is 1.55 bits per heavy atom. The number of aromatic nitrogens is 2. The van der Waals surface area contributed by atoms with Crippen LogP contribution in [0.2, 0.25) is 5.02 Å². The highest BCUT2D eigenvalue weighted by molar-refractivity contribution is 6.33.